The van der Waals surface area contributed by atoms with Gasteiger partial charge in [-0.15, -0.1) is 0 Å². The van der Waals surface area contributed by atoms with Crippen LogP contribution in [0.4, 0.5) is 10.1 Å². The van der Waals surface area contributed by atoms with E-state index in [2.05, 4.69) is 42.7 Å². The van der Waals surface area contributed by atoms with Crippen LogP contribution >= 0.6 is 24.0 Å². The molecule has 2 rings (SSSR count). The zero-order valence-electron chi connectivity index (χ0n) is 14.1. The lowest BCUT2D eigenvalue weighted by atomic mass is 10.1. The normalized spacial score (nSPS) is 10.5. The molecule has 0 saturated carbocycles. The molecular weight excluding hydrogens is 339 g/mol. The van der Waals surface area contributed by atoms with E-state index in [1.165, 1.54) is 23.3 Å². The van der Waals surface area contributed by atoms with E-state index in [0.717, 1.165) is 35.7 Å². The van der Waals surface area contributed by atoms with Gasteiger partial charge in [0.2, 0.25) is 0 Å². The van der Waals surface area contributed by atoms with E-state index in [0.29, 0.717) is 5.11 Å². The van der Waals surface area contributed by atoms with Gasteiger partial charge in [-0.3, -0.25) is 0 Å². The van der Waals surface area contributed by atoms with Crippen LogP contribution in [0.15, 0.2) is 42.5 Å². The standard InChI is InChI=1S/C19H23FN2S2/c1-14-10-15(2)12-18(11-14)22-19(23)21-8-3-9-24-13-16-4-6-17(20)7-5-16/h4-7,10-12H,3,8-9,13H2,1-2H3,(H2,21,22,23). The molecule has 2 N–H and O–H groups in total. The van der Waals surface area contributed by atoms with Crippen LogP contribution in [0.3, 0.4) is 0 Å². The van der Waals surface area contributed by atoms with Gasteiger partial charge >= 0.3 is 0 Å². The number of aryl methyl sites for hydroxylation is 2. The van der Waals surface area contributed by atoms with Gasteiger partial charge in [0.15, 0.2) is 5.11 Å². The summed E-state index contributed by atoms with van der Waals surface area (Å²) < 4.78 is 12.8. The number of thiocarbonyl (C=S) groups is 1. The van der Waals surface area contributed by atoms with Gasteiger partial charge in [0, 0.05) is 18.0 Å². The SMILES string of the molecule is Cc1cc(C)cc(NC(=S)NCCCSCc2ccc(F)cc2)c1. The number of rotatable bonds is 7. The fraction of sp³-hybridized carbons (Fsp3) is 0.316. The highest BCUT2D eigenvalue weighted by Gasteiger charge is 2.00. The van der Waals surface area contributed by atoms with Crippen LogP contribution in [0.5, 0.6) is 0 Å². The van der Waals surface area contributed by atoms with Gasteiger partial charge in [0.25, 0.3) is 0 Å². The lowest BCUT2D eigenvalue weighted by molar-refractivity contribution is 0.627. The molecule has 5 heteroatoms. The molecule has 0 aliphatic heterocycles. The van der Waals surface area contributed by atoms with Crippen LogP contribution in [0.1, 0.15) is 23.1 Å². The summed E-state index contributed by atoms with van der Waals surface area (Å²) in [7, 11) is 0. The lowest BCUT2D eigenvalue weighted by Crippen LogP contribution is -2.29. The fourth-order valence-electron chi connectivity index (χ4n) is 2.37. The van der Waals surface area contributed by atoms with Gasteiger partial charge in [-0.1, -0.05) is 18.2 Å². The van der Waals surface area contributed by atoms with Crippen molar-refractivity contribution in [3.63, 3.8) is 0 Å². The molecule has 0 aliphatic carbocycles. The number of anilines is 1. The van der Waals surface area contributed by atoms with Crippen LogP contribution in [0, 0.1) is 19.7 Å². The van der Waals surface area contributed by atoms with Gasteiger partial charge in [0.1, 0.15) is 5.82 Å². The summed E-state index contributed by atoms with van der Waals surface area (Å²) >= 11 is 7.17. The predicted molar refractivity (Wildman–Crippen MR) is 107 cm³/mol. The van der Waals surface area contributed by atoms with Crippen molar-refractivity contribution in [1.29, 1.82) is 0 Å². The first-order chi connectivity index (χ1) is 11.5. The van der Waals surface area contributed by atoms with Crippen molar-refractivity contribution in [1.82, 2.24) is 5.32 Å². The third-order valence-corrected chi connectivity index (χ3v) is 4.77. The second-order valence-electron chi connectivity index (χ2n) is 5.79. The van der Waals surface area contributed by atoms with Gasteiger partial charge in [-0.05, 0) is 79.2 Å². The number of thioether (sulfide) groups is 1. The zero-order chi connectivity index (χ0) is 17.4. The Bertz CT molecular complexity index is 651. The average Bonchev–Trinajstić information content (AvgIpc) is 2.51. The first-order valence-corrected chi connectivity index (χ1v) is 9.54. The van der Waals surface area contributed by atoms with E-state index < -0.39 is 0 Å². The van der Waals surface area contributed by atoms with Gasteiger partial charge in [-0.25, -0.2) is 4.39 Å². The van der Waals surface area contributed by atoms with Gasteiger partial charge in [0.05, 0.1) is 0 Å². The molecule has 2 aromatic carbocycles. The van der Waals surface area contributed by atoms with Crippen LogP contribution in [-0.2, 0) is 5.75 Å². The monoisotopic (exact) mass is 362 g/mol. The summed E-state index contributed by atoms with van der Waals surface area (Å²) in [5, 5.41) is 7.11. The van der Waals surface area contributed by atoms with Crippen LogP contribution in [-0.4, -0.2) is 17.4 Å². The van der Waals surface area contributed by atoms with E-state index in [1.54, 1.807) is 0 Å². The van der Waals surface area contributed by atoms with Crippen LogP contribution in [0.25, 0.3) is 0 Å². The van der Waals surface area contributed by atoms with E-state index in [4.69, 9.17) is 12.2 Å². The number of nitrogens with one attached hydrogen (secondary N) is 2. The Morgan fingerprint density at radius 3 is 2.42 bits per heavy atom. The number of hydrogen-bond acceptors (Lipinski definition) is 2. The Balaban J connectivity index is 1.60. The first-order valence-electron chi connectivity index (χ1n) is 7.98. The Hall–Kier alpha value is -1.59. The third-order valence-electron chi connectivity index (χ3n) is 3.41. The largest absolute Gasteiger partial charge is 0.362 e. The molecule has 24 heavy (non-hydrogen) atoms. The molecule has 2 aromatic rings. The zero-order valence-corrected chi connectivity index (χ0v) is 15.7. The van der Waals surface area contributed by atoms with Crippen molar-refractivity contribution >= 4 is 34.8 Å². The molecule has 0 bridgehead atoms. The first kappa shape index (κ1) is 18.7. The Morgan fingerprint density at radius 2 is 1.75 bits per heavy atom. The van der Waals surface area contributed by atoms with Crippen molar-refractivity contribution in [2.24, 2.45) is 0 Å². The van der Waals surface area contributed by atoms with Crippen LogP contribution < -0.4 is 10.6 Å². The van der Waals surface area contributed by atoms with Gasteiger partial charge < -0.3 is 10.6 Å². The highest BCUT2D eigenvalue weighted by Crippen LogP contribution is 2.14. The molecular formula is C19H23FN2S2. The molecule has 0 saturated heterocycles. The second-order valence-corrected chi connectivity index (χ2v) is 7.30. The highest BCUT2D eigenvalue weighted by molar-refractivity contribution is 7.98. The van der Waals surface area contributed by atoms with E-state index >= 15 is 0 Å². The van der Waals surface area contributed by atoms with E-state index in [-0.39, 0.29) is 5.82 Å². The minimum absolute atomic E-state index is 0.183. The number of benzene rings is 2. The summed E-state index contributed by atoms with van der Waals surface area (Å²) in [6.07, 6.45) is 1.03. The molecule has 0 heterocycles. The maximum absolute atomic E-state index is 12.8. The third kappa shape index (κ3) is 6.89. The number of halogens is 1. The van der Waals surface area contributed by atoms with Crippen molar-refractivity contribution in [3.8, 4) is 0 Å². The van der Waals surface area contributed by atoms with Crippen molar-refractivity contribution in [2.45, 2.75) is 26.0 Å². The quantitative estimate of drug-likeness (QED) is 0.531. The predicted octanol–water partition coefficient (Wildman–Crippen LogP) is 5.05. The Morgan fingerprint density at radius 1 is 1.08 bits per heavy atom. The molecule has 0 spiro atoms. The summed E-state index contributed by atoms with van der Waals surface area (Å²) in [6.45, 7) is 4.99. The topological polar surface area (TPSA) is 24.1 Å². The molecule has 0 amide bonds. The molecule has 0 atom stereocenters. The van der Waals surface area contributed by atoms with Crippen molar-refractivity contribution in [3.05, 3.63) is 65.0 Å². The smallest absolute Gasteiger partial charge is 0.170 e. The second kappa shape index (κ2) is 9.64. The molecule has 2 nitrogen and oxygen atoms in total. The summed E-state index contributed by atoms with van der Waals surface area (Å²) in [4.78, 5) is 0. The molecule has 0 radical (unpaired) electrons. The Kier molecular flexibility index (Phi) is 7.53. The average molecular weight is 363 g/mol. The van der Waals surface area contributed by atoms with E-state index in [1.807, 2.05) is 23.9 Å². The minimum Gasteiger partial charge on any atom is -0.362 e. The summed E-state index contributed by atoms with van der Waals surface area (Å²) in [6, 6.07) is 13.0. The summed E-state index contributed by atoms with van der Waals surface area (Å²) in [5.41, 5.74) is 4.62. The molecule has 0 unspecified atom stereocenters. The molecule has 0 fully saturated rings. The van der Waals surface area contributed by atoms with Crippen molar-refractivity contribution < 1.29 is 4.39 Å². The maximum Gasteiger partial charge on any atom is 0.170 e. The fourth-order valence-corrected chi connectivity index (χ4v) is 3.51. The van der Waals surface area contributed by atoms with E-state index in [9.17, 15) is 4.39 Å². The van der Waals surface area contributed by atoms with Crippen molar-refractivity contribution in [2.75, 3.05) is 17.6 Å². The highest BCUT2D eigenvalue weighted by atomic mass is 32.2. The minimum atomic E-state index is -0.183. The summed E-state index contributed by atoms with van der Waals surface area (Å²) in [5.74, 6) is 1.76. The number of hydrogen-bond donors (Lipinski definition) is 2. The molecule has 128 valence electrons. The van der Waals surface area contributed by atoms with Gasteiger partial charge in [-0.2, -0.15) is 11.8 Å². The Labute approximate surface area is 153 Å². The van der Waals surface area contributed by atoms with Crippen LogP contribution in [0.2, 0.25) is 0 Å². The molecule has 0 aliphatic rings. The lowest BCUT2D eigenvalue weighted by Gasteiger charge is -2.11. The molecule has 0 aromatic heterocycles. The maximum atomic E-state index is 12.8.